The third-order valence-electron chi connectivity index (χ3n) is 3.30. The molecule has 24 heavy (non-hydrogen) atoms. The fourth-order valence-electron chi connectivity index (χ4n) is 2.07. The number of hydrogen-bond acceptors (Lipinski definition) is 5. The molecule has 0 bridgehead atoms. The molecule has 0 unspecified atom stereocenters. The van der Waals surface area contributed by atoms with Crippen LogP contribution in [0.3, 0.4) is 0 Å². The molecule has 2 rings (SSSR count). The van der Waals surface area contributed by atoms with Crippen molar-refractivity contribution in [2.24, 2.45) is 5.73 Å². The standard InChI is InChI=1S/C16H20N4O2S.ClH/c1-23-9-7-12(17)16(22)19-10-14(21)20-13-6-2-4-11-5-3-8-18-15(11)13;/h2-6,8,12H,7,9-10,17H2,1H3,(H,19,22)(H,20,21);1H/t12-;/m0./s1. The quantitative estimate of drug-likeness (QED) is 0.692. The Bertz CT molecular complexity index is 693. The molecule has 130 valence electrons. The van der Waals surface area contributed by atoms with Crippen LogP contribution in [-0.2, 0) is 9.59 Å². The summed E-state index contributed by atoms with van der Waals surface area (Å²) in [4.78, 5) is 28.0. The van der Waals surface area contributed by atoms with Crippen LogP contribution in [0.1, 0.15) is 6.42 Å². The summed E-state index contributed by atoms with van der Waals surface area (Å²) in [7, 11) is 0. The van der Waals surface area contributed by atoms with Crippen molar-refractivity contribution in [3.05, 3.63) is 36.5 Å². The summed E-state index contributed by atoms with van der Waals surface area (Å²) in [6.45, 7) is -0.116. The average molecular weight is 369 g/mol. The normalized spacial score (nSPS) is 11.4. The lowest BCUT2D eigenvalue weighted by atomic mass is 10.2. The van der Waals surface area contributed by atoms with E-state index in [1.165, 1.54) is 0 Å². The molecule has 0 fully saturated rings. The second-order valence-electron chi connectivity index (χ2n) is 5.03. The van der Waals surface area contributed by atoms with E-state index in [4.69, 9.17) is 5.73 Å². The lowest BCUT2D eigenvalue weighted by Gasteiger charge is -2.12. The highest BCUT2D eigenvalue weighted by atomic mass is 35.5. The summed E-state index contributed by atoms with van der Waals surface area (Å²) in [5.74, 6) is 0.182. The van der Waals surface area contributed by atoms with Crippen molar-refractivity contribution in [3.63, 3.8) is 0 Å². The van der Waals surface area contributed by atoms with Crippen LogP contribution in [0.2, 0.25) is 0 Å². The molecule has 0 aliphatic carbocycles. The molecule has 1 aromatic heterocycles. The second kappa shape index (κ2) is 10.1. The predicted molar refractivity (Wildman–Crippen MR) is 102 cm³/mol. The van der Waals surface area contributed by atoms with E-state index in [2.05, 4.69) is 15.6 Å². The molecule has 1 heterocycles. The Labute approximate surface area is 151 Å². The molecule has 0 aliphatic heterocycles. The van der Waals surface area contributed by atoms with Gasteiger partial charge in [0.05, 0.1) is 23.8 Å². The Kier molecular flexibility index (Phi) is 8.53. The number of nitrogens with zero attached hydrogens (tertiary/aromatic N) is 1. The van der Waals surface area contributed by atoms with Crippen molar-refractivity contribution in [2.45, 2.75) is 12.5 Å². The first-order valence-corrected chi connectivity index (χ1v) is 8.67. The van der Waals surface area contributed by atoms with Crippen LogP contribution >= 0.6 is 24.2 Å². The number of benzene rings is 1. The van der Waals surface area contributed by atoms with Crippen molar-refractivity contribution in [2.75, 3.05) is 23.9 Å². The second-order valence-corrected chi connectivity index (χ2v) is 6.02. The third-order valence-corrected chi connectivity index (χ3v) is 3.94. The number of carbonyl (C=O) groups is 2. The maximum Gasteiger partial charge on any atom is 0.243 e. The van der Waals surface area contributed by atoms with E-state index < -0.39 is 6.04 Å². The summed E-state index contributed by atoms with van der Waals surface area (Å²) >= 11 is 1.63. The zero-order valence-corrected chi connectivity index (χ0v) is 15.0. The topological polar surface area (TPSA) is 97.1 Å². The highest BCUT2D eigenvalue weighted by Crippen LogP contribution is 2.20. The van der Waals surface area contributed by atoms with E-state index in [1.807, 2.05) is 30.5 Å². The largest absolute Gasteiger partial charge is 0.346 e. The van der Waals surface area contributed by atoms with Crippen LogP contribution in [-0.4, -0.2) is 41.4 Å². The van der Waals surface area contributed by atoms with Crippen LogP contribution in [0, 0.1) is 0 Å². The van der Waals surface area contributed by atoms with Crippen molar-refractivity contribution in [1.29, 1.82) is 0 Å². The maximum atomic E-state index is 12.0. The number of pyridine rings is 1. The van der Waals surface area contributed by atoms with Gasteiger partial charge in [-0.2, -0.15) is 11.8 Å². The number of hydrogen-bond donors (Lipinski definition) is 3. The molecule has 0 aliphatic rings. The van der Waals surface area contributed by atoms with Gasteiger partial charge >= 0.3 is 0 Å². The smallest absolute Gasteiger partial charge is 0.243 e. The molecule has 4 N–H and O–H groups in total. The maximum absolute atomic E-state index is 12.0. The van der Waals surface area contributed by atoms with Crippen molar-refractivity contribution < 1.29 is 9.59 Å². The molecule has 0 spiro atoms. The summed E-state index contributed by atoms with van der Waals surface area (Å²) in [6.07, 6.45) is 4.21. The van der Waals surface area contributed by atoms with E-state index in [0.717, 1.165) is 11.1 Å². The van der Waals surface area contributed by atoms with Gasteiger partial charge in [0.15, 0.2) is 0 Å². The molecule has 2 aromatic rings. The molecule has 6 nitrogen and oxygen atoms in total. The minimum atomic E-state index is -0.588. The Balaban J connectivity index is 0.00000288. The van der Waals surface area contributed by atoms with Gasteiger partial charge in [-0.25, -0.2) is 0 Å². The van der Waals surface area contributed by atoms with E-state index >= 15 is 0 Å². The number of carbonyl (C=O) groups excluding carboxylic acids is 2. The minimum absolute atomic E-state index is 0. The van der Waals surface area contributed by atoms with Gasteiger partial charge in [0.1, 0.15) is 0 Å². The summed E-state index contributed by atoms with van der Waals surface area (Å²) in [5, 5.41) is 6.25. The first-order chi connectivity index (χ1) is 11.1. The van der Waals surface area contributed by atoms with Crippen LogP contribution in [0.5, 0.6) is 0 Å². The molecule has 2 amide bonds. The number of amides is 2. The number of anilines is 1. The fraction of sp³-hybridized carbons (Fsp3) is 0.312. The van der Waals surface area contributed by atoms with E-state index in [9.17, 15) is 9.59 Å². The molecular formula is C16H21ClN4O2S. The Morgan fingerprint density at radius 3 is 2.79 bits per heavy atom. The molecule has 1 aromatic carbocycles. The molecule has 0 radical (unpaired) electrons. The van der Waals surface area contributed by atoms with Crippen LogP contribution in [0.4, 0.5) is 5.69 Å². The lowest BCUT2D eigenvalue weighted by molar-refractivity contribution is -0.125. The van der Waals surface area contributed by atoms with Gasteiger partial charge in [-0.05, 0) is 30.6 Å². The van der Waals surface area contributed by atoms with Crippen molar-refractivity contribution >= 4 is 52.6 Å². The summed E-state index contributed by atoms with van der Waals surface area (Å²) in [5.41, 5.74) is 7.08. The van der Waals surface area contributed by atoms with E-state index in [0.29, 0.717) is 17.6 Å². The Morgan fingerprint density at radius 2 is 2.04 bits per heavy atom. The number of fused-ring (bicyclic) bond motifs is 1. The summed E-state index contributed by atoms with van der Waals surface area (Å²) in [6, 6.07) is 8.71. The monoisotopic (exact) mass is 368 g/mol. The van der Waals surface area contributed by atoms with Crippen molar-refractivity contribution in [3.8, 4) is 0 Å². The number of para-hydroxylation sites is 1. The molecule has 0 saturated heterocycles. The first kappa shape index (κ1) is 20.2. The van der Waals surface area contributed by atoms with Crippen molar-refractivity contribution in [1.82, 2.24) is 10.3 Å². The number of aromatic nitrogens is 1. The average Bonchev–Trinajstić information content (AvgIpc) is 2.57. The molecular weight excluding hydrogens is 348 g/mol. The Morgan fingerprint density at radius 1 is 1.29 bits per heavy atom. The number of thioether (sulfide) groups is 1. The van der Waals surface area contributed by atoms with Crippen LogP contribution in [0.15, 0.2) is 36.5 Å². The van der Waals surface area contributed by atoms with Crippen LogP contribution in [0.25, 0.3) is 10.9 Å². The number of rotatable bonds is 7. The van der Waals surface area contributed by atoms with E-state index in [1.54, 1.807) is 24.0 Å². The Hall–Kier alpha value is -1.83. The fourth-order valence-corrected chi connectivity index (χ4v) is 2.56. The predicted octanol–water partition coefficient (Wildman–Crippen LogP) is 1.79. The van der Waals surface area contributed by atoms with Gasteiger partial charge in [-0.1, -0.05) is 18.2 Å². The zero-order chi connectivity index (χ0) is 16.7. The van der Waals surface area contributed by atoms with Gasteiger partial charge in [-0.15, -0.1) is 12.4 Å². The van der Waals surface area contributed by atoms with Crippen LogP contribution < -0.4 is 16.4 Å². The third kappa shape index (κ3) is 5.67. The minimum Gasteiger partial charge on any atom is -0.346 e. The number of halogens is 1. The number of nitrogens with two attached hydrogens (primary N) is 1. The zero-order valence-electron chi connectivity index (χ0n) is 13.3. The molecule has 0 saturated carbocycles. The summed E-state index contributed by atoms with van der Waals surface area (Å²) < 4.78 is 0. The van der Waals surface area contributed by atoms with Gasteiger partial charge in [0.25, 0.3) is 0 Å². The highest BCUT2D eigenvalue weighted by Gasteiger charge is 2.14. The van der Waals surface area contributed by atoms with Gasteiger partial charge in [-0.3, -0.25) is 14.6 Å². The first-order valence-electron chi connectivity index (χ1n) is 7.27. The SMILES string of the molecule is CSCC[C@H](N)C(=O)NCC(=O)Nc1cccc2cccnc12.Cl. The molecule has 8 heteroatoms. The number of nitrogens with one attached hydrogen (secondary N) is 2. The van der Waals surface area contributed by atoms with E-state index in [-0.39, 0.29) is 30.8 Å². The van der Waals surface area contributed by atoms with Gasteiger partial charge in [0, 0.05) is 11.6 Å². The van der Waals surface area contributed by atoms with Gasteiger partial charge in [0.2, 0.25) is 11.8 Å². The highest BCUT2D eigenvalue weighted by molar-refractivity contribution is 7.98. The molecule has 1 atom stereocenters. The van der Waals surface area contributed by atoms with Gasteiger partial charge < -0.3 is 16.4 Å². The lowest BCUT2D eigenvalue weighted by Crippen LogP contribution is -2.43.